The van der Waals surface area contributed by atoms with Gasteiger partial charge < -0.3 is 15.2 Å². The lowest BCUT2D eigenvalue weighted by atomic mass is 10.1. The lowest BCUT2D eigenvalue weighted by molar-refractivity contribution is -0.143. The van der Waals surface area contributed by atoms with E-state index in [-0.39, 0.29) is 6.04 Å². The average molecular weight is 342 g/mol. The van der Waals surface area contributed by atoms with E-state index >= 15 is 0 Å². The molecule has 0 saturated heterocycles. The first-order valence-electron chi connectivity index (χ1n) is 9.08. The molecular formula is C18H34N2O4. The number of carboxylic acids is 1. The first-order chi connectivity index (χ1) is 11.1. The third kappa shape index (κ3) is 7.51. The molecule has 0 aromatic carbocycles. The highest BCUT2D eigenvalue weighted by Crippen LogP contribution is 2.26. The number of hydrogen-bond acceptors (Lipinski definition) is 4. The van der Waals surface area contributed by atoms with E-state index in [1.807, 2.05) is 32.6 Å². The molecule has 24 heavy (non-hydrogen) atoms. The lowest BCUT2D eigenvalue weighted by Gasteiger charge is -2.32. The van der Waals surface area contributed by atoms with Gasteiger partial charge in [0, 0.05) is 19.1 Å². The summed E-state index contributed by atoms with van der Waals surface area (Å²) in [7, 11) is 0. The molecule has 0 unspecified atom stereocenters. The van der Waals surface area contributed by atoms with E-state index in [4.69, 9.17) is 4.74 Å². The van der Waals surface area contributed by atoms with Crippen molar-refractivity contribution < 1.29 is 19.4 Å². The minimum Gasteiger partial charge on any atom is -0.480 e. The third-order valence-corrected chi connectivity index (χ3v) is 4.54. The summed E-state index contributed by atoms with van der Waals surface area (Å²) in [5, 5.41) is 12.3. The Morgan fingerprint density at radius 2 is 1.88 bits per heavy atom. The highest BCUT2D eigenvalue weighted by Gasteiger charge is 2.28. The quantitative estimate of drug-likeness (QED) is 0.708. The summed E-state index contributed by atoms with van der Waals surface area (Å²) in [5.74, 6) is -0.258. The van der Waals surface area contributed by atoms with Gasteiger partial charge in [0.25, 0.3) is 0 Å². The van der Waals surface area contributed by atoms with Crippen LogP contribution >= 0.6 is 0 Å². The van der Waals surface area contributed by atoms with Gasteiger partial charge >= 0.3 is 12.1 Å². The van der Waals surface area contributed by atoms with E-state index in [9.17, 15) is 14.7 Å². The van der Waals surface area contributed by atoms with Crippen molar-refractivity contribution in [2.24, 2.45) is 5.92 Å². The van der Waals surface area contributed by atoms with Crippen LogP contribution in [0.15, 0.2) is 0 Å². The Morgan fingerprint density at radius 1 is 1.29 bits per heavy atom. The largest absolute Gasteiger partial charge is 0.480 e. The Hall–Kier alpha value is -1.30. The molecule has 6 heteroatoms. The fourth-order valence-corrected chi connectivity index (χ4v) is 3.11. The maximum Gasteiger partial charge on any atom is 0.407 e. The maximum atomic E-state index is 12.0. The lowest BCUT2D eigenvalue weighted by Crippen LogP contribution is -2.50. The molecule has 0 bridgehead atoms. The Bertz CT molecular complexity index is 414. The van der Waals surface area contributed by atoms with E-state index in [2.05, 4.69) is 5.32 Å². The summed E-state index contributed by atoms with van der Waals surface area (Å²) >= 11 is 0. The van der Waals surface area contributed by atoms with E-state index in [1.54, 1.807) is 6.92 Å². The molecule has 0 heterocycles. The summed E-state index contributed by atoms with van der Waals surface area (Å²) < 4.78 is 5.31. The van der Waals surface area contributed by atoms with Crippen LogP contribution in [0.3, 0.4) is 0 Å². The monoisotopic (exact) mass is 342 g/mol. The molecule has 0 spiro atoms. The van der Waals surface area contributed by atoms with Crippen molar-refractivity contribution in [2.75, 3.05) is 13.1 Å². The summed E-state index contributed by atoms with van der Waals surface area (Å²) in [6, 6.07) is -0.678. The number of nitrogens with one attached hydrogen (secondary N) is 1. The van der Waals surface area contributed by atoms with Crippen molar-refractivity contribution in [3.63, 3.8) is 0 Å². The molecule has 0 aromatic heterocycles. The molecule has 1 aliphatic carbocycles. The maximum absolute atomic E-state index is 12.0. The van der Waals surface area contributed by atoms with Crippen molar-refractivity contribution >= 4 is 12.1 Å². The minimum absolute atomic E-state index is 0.122. The van der Waals surface area contributed by atoms with Crippen molar-refractivity contribution in [2.45, 2.75) is 84.4 Å². The van der Waals surface area contributed by atoms with Crippen LogP contribution in [-0.4, -0.2) is 52.8 Å². The fourth-order valence-electron chi connectivity index (χ4n) is 3.11. The molecule has 0 aliphatic heterocycles. The van der Waals surface area contributed by atoms with Crippen molar-refractivity contribution in [3.05, 3.63) is 0 Å². The summed E-state index contributed by atoms with van der Waals surface area (Å²) in [6.07, 6.45) is 5.07. The number of carboxylic acid groups (broad SMARTS) is 1. The number of hydrogen-bond donors (Lipinski definition) is 2. The molecule has 140 valence electrons. The summed E-state index contributed by atoms with van der Waals surface area (Å²) in [4.78, 5) is 25.4. The number of alkyl carbamates (subject to hydrolysis) is 1. The van der Waals surface area contributed by atoms with Crippen LogP contribution in [-0.2, 0) is 9.53 Å². The number of aliphatic carboxylic acids is 1. The average Bonchev–Trinajstić information content (AvgIpc) is 2.95. The molecule has 1 amide bonds. The SMILES string of the molecule is CC[C@H](CN(CC1CCCC1)[C@@H](C)C(=O)O)NC(=O)OC(C)(C)C. The van der Waals surface area contributed by atoms with Crippen LogP contribution in [0.5, 0.6) is 0 Å². The second-order valence-electron chi connectivity index (χ2n) is 7.87. The number of amides is 1. The number of carbonyl (C=O) groups excluding carboxylic acids is 1. The second-order valence-corrected chi connectivity index (χ2v) is 7.87. The van der Waals surface area contributed by atoms with Gasteiger partial charge in [-0.15, -0.1) is 0 Å². The smallest absolute Gasteiger partial charge is 0.407 e. The Morgan fingerprint density at radius 3 is 2.33 bits per heavy atom. The Kier molecular flexibility index (Phi) is 8.00. The highest BCUT2D eigenvalue weighted by molar-refractivity contribution is 5.73. The number of rotatable bonds is 8. The van der Waals surface area contributed by atoms with Gasteiger partial charge in [-0.3, -0.25) is 9.69 Å². The zero-order valence-electron chi connectivity index (χ0n) is 15.8. The predicted molar refractivity (Wildman–Crippen MR) is 94.1 cm³/mol. The Balaban J connectivity index is 2.66. The van der Waals surface area contributed by atoms with Crippen LogP contribution < -0.4 is 5.32 Å². The molecule has 1 fully saturated rings. The normalized spacial score (nSPS) is 18.4. The van der Waals surface area contributed by atoms with E-state index < -0.39 is 23.7 Å². The van der Waals surface area contributed by atoms with Crippen LogP contribution in [0, 0.1) is 5.92 Å². The topological polar surface area (TPSA) is 78.9 Å². The summed E-state index contributed by atoms with van der Waals surface area (Å²) in [6.45, 7) is 10.5. The molecular weight excluding hydrogens is 308 g/mol. The van der Waals surface area contributed by atoms with E-state index in [1.165, 1.54) is 25.7 Å². The molecule has 1 saturated carbocycles. The van der Waals surface area contributed by atoms with Crippen molar-refractivity contribution in [3.8, 4) is 0 Å². The molecule has 1 aliphatic rings. The van der Waals surface area contributed by atoms with Crippen LogP contribution in [0.25, 0.3) is 0 Å². The van der Waals surface area contributed by atoms with Crippen molar-refractivity contribution in [1.29, 1.82) is 0 Å². The molecule has 2 atom stereocenters. The van der Waals surface area contributed by atoms with Crippen LogP contribution in [0.2, 0.25) is 0 Å². The molecule has 2 N–H and O–H groups in total. The minimum atomic E-state index is -0.819. The zero-order valence-corrected chi connectivity index (χ0v) is 15.8. The number of ether oxygens (including phenoxy) is 1. The van der Waals surface area contributed by atoms with Gasteiger partial charge in [-0.05, 0) is 52.9 Å². The first-order valence-corrected chi connectivity index (χ1v) is 9.08. The molecule has 0 aromatic rings. The van der Waals surface area contributed by atoms with Gasteiger partial charge in [0.05, 0.1) is 0 Å². The van der Waals surface area contributed by atoms with Crippen LogP contribution in [0.4, 0.5) is 4.79 Å². The van der Waals surface area contributed by atoms with Crippen LogP contribution in [0.1, 0.15) is 66.7 Å². The third-order valence-electron chi connectivity index (χ3n) is 4.54. The highest BCUT2D eigenvalue weighted by atomic mass is 16.6. The fraction of sp³-hybridized carbons (Fsp3) is 0.889. The van der Waals surface area contributed by atoms with Gasteiger partial charge in [0.2, 0.25) is 0 Å². The molecule has 1 rings (SSSR count). The van der Waals surface area contributed by atoms with Gasteiger partial charge in [0.1, 0.15) is 11.6 Å². The van der Waals surface area contributed by atoms with E-state index in [0.29, 0.717) is 12.5 Å². The summed E-state index contributed by atoms with van der Waals surface area (Å²) in [5.41, 5.74) is -0.541. The van der Waals surface area contributed by atoms with Gasteiger partial charge in [-0.1, -0.05) is 19.8 Å². The van der Waals surface area contributed by atoms with E-state index in [0.717, 1.165) is 13.0 Å². The van der Waals surface area contributed by atoms with Gasteiger partial charge in [-0.2, -0.15) is 0 Å². The van der Waals surface area contributed by atoms with Gasteiger partial charge in [-0.25, -0.2) is 4.79 Å². The first kappa shape index (κ1) is 20.7. The number of carbonyl (C=O) groups is 2. The Labute approximate surface area is 145 Å². The number of nitrogens with zero attached hydrogens (tertiary/aromatic N) is 1. The zero-order chi connectivity index (χ0) is 18.3. The predicted octanol–water partition coefficient (Wildman–Crippen LogP) is 3.26. The standard InChI is InChI=1S/C18H34N2O4/c1-6-15(19-17(23)24-18(3,4)5)12-20(13(2)16(21)22)11-14-9-7-8-10-14/h13-15H,6-12H2,1-5H3,(H,19,23)(H,21,22)/t13-,15+/m0/s1. The molecule has 0 radical (unpaired) electrons. The van der Waals surface area contributed by atoms with Crippen molar-refractivity contribution in [1.82, 2.24) is 10.2 Å². The second kappa shape index (κ2) is 9.25. The molecule has 6 nitrogen and oxygen atoms in total. The van der Waals surface area contributed by atoms with Gasteiger partial charge in [0.15, 0.2) is 0 Å².